The van der Waals surface area contributed by atoms with Crippen LogP contribution in [-0.4, -0.2) is 47.4 Å². The molecule has 2 heterocycles. The van der Waals surface area contributed by atoms with Crippen LogP contribution >= 0.6 is 11.6 Å². The molecule has 1 aromatic heterocycles. The highest BCUT2D eigenvalue weighted by Crippen LogP contribution is 2.28. The van der Waals surface area contributed by atoms with E-state index in [0.29, 0.717) is 0 Å². The second-order valence-corrected chi connectivity index (χ2v) is 5.87. The molecular formula is C16H19ClN2O2. The van der Waals surface area contributed by atoms with Crippen LogP contribution in [0.1, 0.15) is 12.0 Å². The molecule has 4 nitrogen and oxygen atoms in total. The fraction of sp³-hybridized carbons (Fsp3) is 0.438. The number of fused-ring (bicyclic) bond motifs is 1. The Morgan fingerprint density at radius 3 is 3.05 bits per heavy atom. The summed E-state index contributed by atoms with van der Waals surface area (Å²) in [6.07, 6.45) is 2.84. The quantitative estimate of drug-likeness (QED) is 0.942. The molecule has 0 radical (unpaired) electrons. The lowest BCUT2D eigenvalue weighted by Gasteiger charge is -2.23. The van der Waals surface area contributed by atoms with Gasteiger partial charge in [-0.25, -0.2) is 0 Å². The standard InChI is InChI=1S/C16H19ClN2O2/c1-21-13-7-12(10-20)19(9-13)8-11-4-5-15(17)14-3-2-6-18-16(11)14/h2-6,12-13,20H,7-10H2,1H3/t12-,13-/m0/s1. The summed E-state index contributed by atoms with van der Waals surface area (Å²) in [5, 5.41) is 11.2. The summed E-state index contributed by atoms with van der Waals surface area (Å²) < 4.78 is 5.43. The van der Waals surface area contributed by atoms with Crippen LogP contribution in [0.5, 0.6) is 0 Å². The van der Waals surface area contributed by atoms with Crippen LogP contribution in [0.15, 0.2) is 30.5 Å². The second-order valence-electron chi connectivity index (χ2n) is 5.47. The van der Waals surface area contributed by atoms with Gasteiger partial charge in [-0.3, -0.25) is 9.88 Å². The number of aliphatic hydroxyl groups excluding tert-OH is 1. The van der Waals surface area contributed by atoms with Crippen molar-refractivity contribution in [3.63, 3.8) is 0 Å². The van der Waals surface area contributed by atoms with Gasteiger partial charge in [-0.05, 0) is 30.2 Å². The van der Waals surface area contributed by atoms with Crippen LogP contribution < -0.4 is 0 Å². The number of likely N-dealkylation sites (tertiary alicyclic amines) is 1. The molecule has 0 unspecified atom stereocenters. The van der Waals surface area contributed by atoms with Crippen molar-refractivity contribution in [1.29, 1.82) is 0 Å². The lowest BCUT2D eigenvalue weighted by atomic mass is 10.1. The maximum absolute atomic E-state index is 9.55. The first-order valence-corrected chi connectivity index (χ1v) is 7.50. The highest BCUT2D eigenvalue weighted by Gasteiger charge is 2.31. The molecule has 1 fully saturated rings. The van der Waals surface area contributed by atoms with Gasteiger partial charge >= 0.3 is 0 Å². The van der Waals surface area contributed by atoms with E-state index in [1.165, 1.54) is 0 Å². The Kier molecular flexibility index (Phi) is 4.40. The molecule has 21 heavy (non-hydrogen) atoms. The average Bonchev–Trinajstić information content (AvgIpc) is 2.92. The smallest absolute Gasteiger partial charge is 0.0761 e. The Labute approximate surface area is 129 Å². The summed E-state index contributed by atoms with van der Waals surface area (Å²) >= 11 is 6.23. The minimum atomic E-state index is 0.143. The molecular weight excluding hydrogens is 288 g/mol. The summed E-state index contributed by atoms with van der Waals surface area (Å²) in [6.45, 7) is 1.73. The molecule has 1 aliphatic rings. The molecule has 1 saturated heterocycles. The Morgan fingerprint density at radius 2 is 2.29 bits per heavy atom. The fourth-order valence-electron chi connectivity index (χ4n) is 3.03. The van der Waals surface area contributed by atoms with Crippen LogP contribution in [0.4, 0.5) is 0 Å². The van der Waals surface area contributed by atoms with Crippen molar-refractivity contribution in [3.8, 4) is 0 Å². The summed E-state index contributed by atoms with van der Waals surface area (Å²) in [5.74, 6) is 0. The van der Waals surface area contributed by atoms with E-state index < -0.39 is 0 Å². The number of halogens is 1. The number of benzene rings is 1. The highest BCUT2D eigenvalue weighted by atomic mass is 35.5. The van der Waals surface area contributed by atoms with Crippen molar-refractivity contribution in [3.05, 3.63) is 41.0 Å². The minimum Gasteiger partial charge on any atom is -0.395 e. The van der Waals surface area contributed by atoms with Gasteiger partial charge in [-0.15, -0.1) is 0 Å². The molecule has 112 valence electrons. The average molecular weight is 307 g/mol. The van der Waals surface area contributed by atoms with E-state index in [9.17, 15) is 5.11 Å². The van der Waals surface area contributed by atoms with Crippen LogP contribution in [-0.2, 0) is 11.3 Å². The van der Waals surface area contributed by atoms with Crippen LogP contribution in [0.2, 0.25) is 5.02 Å². The zero-order chi connectivity index (χ0) is 14.8. The molecule has 0 amide bonds. The first-order valence-electron chi connectivity index (χ1n) is 7.12. The summed E-state index contributed by atoms with van der Waals surface area (Å²) in [4.78, 5) is 6.72. The third-order valence-electron chi connectivity index (χ3n) is 4.21. The van der Waals surface area contributed by atoms with Crippen LogP contribution in [0.3, 0.4) is 0 Å². The van der Waals surface area contributed by atoms with Crippen LogP contribution in [0.25, 0.3) is 10.9 Å². The van der Waals surface area contributed by atoms with Crippen molar-refractivity contribution >= 4 is 22.5 Å². The molecule has 2 aromatic rings. The van der Waals surface area contributed by atoms with E-state index >= 15 is 0 Å². The van der Waals surface area contributed by atoms with Gasteiger partial charge in [-0.2, -0.15) is 0 Å². The number of hydrogen-bond donors (Lipinski definition) is 1. The monoisotopic (exact) mass is 306 g/mol. The molecule has 5 heteroatoms. The molecule has 2 atom stereocenters. The number of pyridine rings is 1. The Morgan fingerprint density at radius 1 is 1.43 bits per heavy atom. The molecule has 0 bridgehead atoms. The number of rotatable bonds is 4. The lowest BCUT2D eigenvalue weighted by molar-refractivity contribution is 0.107. The van der Waals surface area contributed by atoms with Crippen molar-refractivity contribution in [2.75, 3.05) is 20.3 Å². The molecule has 1 aromatic carbocycles. The Bertz CT molecular complexity index is 635. The van der Waals surface area contributed by atoms with Crippen LogP contribution in [0, 0.1) is 0 Å². The van der Waals surface area contributed by atoms with E-state index in [4.69, 9.17) is 16.3 Å². The van der Waals surface area contributed by atoms with E-state index in [1.54, 1.807) is 13.3 Å². The molecule has 1 N–H and O–H groups in total. The molecule has 0 saturated carbocycles. The fourth-order valence-corrected chi connectivity index (χ4v) is 3.25. The maximum Gasteiger partial charge on any atom is 0.0761 e. The van der Waals surface area contributed by atoms with Gasteiger partial charge in [0, 0.05) is 42.8 Å². The zero-order valence-electron chi connectivity index (χ0n) is 12.0. The van der Waals surface area contributed by atoms with Gasteiger partial charge in [0.2, 0.25) is 0 Å². The Balaban J connectivity index is 1.90. The van der Waals surface area contributed by atoms with Gasteiger partial charge in [-0.1, -0.05) is 17.7 Å². The van der Waals surface area contributed by atoms with Gasteiger partial charge in [0.15, 0.2) is 0 Å². The number of aliphatic hydroxyl groups is 1. The van der Waals surface area contributed by atoms with Crippen molar-refractivity contribution in [1.82, 2.24) is 9.88 Å². The number of hydrogen-bond acceptors (Lipinski definition) is 4. The first kappa shape index (κ1) is 14.7. The molecule has 0 spiro atoms. The van der Waals surface area contributed by atoms with E-state index in [1.807, 2.05) is 24.3 Å². The normalized spacial score (nSPS) is 23.0. The molecule has 1 aliphatic heterocycles. The second kappa shape index (κ2) is 6.28. The van der Waals surface area contributed by atoms with Gasteiger partial charge in [0.25, 0.3) is 0 Å². The number of ether oxygens (including phenoxy) is 1. The maximum atomic E-state index is 9.55. The number of nitrogens with zero attached hydrogens (tertiary/aromatic N) is 2. The SMILES string of the molecule is CO[C@H]1C[C@@H](CO)N(Cc2ccc(Cl)c3cccnc23)C1. The lowest BCUT2D eigenvalue weighted by Crippen LogP contribution is -2.32. The zero-order valence-corrected chi connectivity index (χ0v) is 12.8. The van der Waals surface area contributed by atoms with E-state index in [-0.39, 0.29) is 18.8 Å². The third kappa shape index (κ3) is 2.90. The van der Waals surface area contributed by atoms with Gasteiger partial charge in [0.05, 0.1) is 18.2 Å². The predicted octanol–water partition coefficient (Wildman–Crippen LogP) is 2.47. The minimum absolute atomic E-state index is 0.143. The molecule has 3 rings (SSSR count). The number of aromatic nitrogens is 1. The summed E-state index contributed by atoms with van der Waals surface area (Å²) in [6, 6.07) is 7.96. The third-order valence-corrected chi connectivity index (χ3v) is 4.54. The highest BCUT2D eigenvalue weighted by molar-refractivity contribution is 6.35. The van der Waals surface area contributed by atoms with Crippen molar-refractivity contribution in [2.24, 2.45) is 0 Å². The van der Waals surface area contributed by atoms with E-state index in [2.05, 4.69) is 9.88 Å². The molecule has 0 aliphatic carbocycles. The van der Waals surface area contributed by atoms with Gasteiger partial charge < -0.3 is 9.84 Å². The Hall–Kier alpha value is -1.20. The van der Waals surface area contributed by atoms with Crippen molar-refractivity contribution < 1.29 is 9.84 Å². The van der Waals surface area contributed by atoms with E-state index in [0.717, 1.165) is 41.0 Å². The first-order chi connectivity index (χ1) is 10.2. The largest absolute Gasteiger partial charge is 0.395 e. The van der Waals surface area contributed by atoms with Gasteiger partial charge in [0.1, 0.15) is 0 Å². The predicted molar refractivity (Wildman–Crippen MR) is 83.5 cm³/mol. The summed E-state index contributed by atoms with van der Waals surface area (Å²) in [7, 11) is 1.72. The topological polar surface area (TPSA) is 45.6 Å². The van der Waals surface area contributed by atoms with Crippen molar-refractivity contribution in [2.45, 2.75) is 25.1 Å². The summed E-state index contributed by atoms with van der Waals surface area (Å²) in [5.41, 5.74) is 2.06. The number of methoxy groups -OCH3 is 1.